The second-order valence-corrected chi connectivity index (χ2v) is 4.82. The number of anilines is 2. The topological polar surface area (TPSA) is 44.3 Å². The maximum absolute atomic E-state index is 13.9. The molecule has 2 rings (SSSR count). The van der Waals surface area contributed by atoms with Gasteiger partial charge in [0.15, 0.2) is 11.6 Å². The van der Waals surface area contributed by atoms with Crippen LogP contribution < -0.4 is 10.2 Å². The van der Waals surface area contributed by atoms with Crippen LogP contribution in [-0.4, -0.2) is 53.6 Å². The summed E-state index contributed by atoms with van der Waals surface area (Å²) in [7, 11) is 0. The molecule has 1 unspecified atom stereocenters. The van der Waals surface area contributed by atoms with Crippen LogP contribution in [0.4, 0.5) is 16.2 Å². The van der Waals surface area contributed by atoms with Crippen molar-refractivity contribution in [2.75, 3.05) is 42.9 Å². The molecule has 1 atom stereocenters. The fraction of sp³-hybridized carbons (Fsp3) is 0.692. The molecule has 6 heteroatoms. The summed E-state index contributed by atoms with van der Waals surface area (Å²) >= 11 is 0. The molecule has 1 aliphatic heterocycles. The zero-order valence-corrected chi connectivity index (χ0v) is 11.9. The van der Waals surface area contributed by atoms with Crippen LogP contribution >= 0.6 is 0 Å². The Balaban J connectivity index is 2.15. The number of hydrogen-bond donors (Lipinski definition) is 1. The summed E-state index contributed by atoms with van der Waals surface area (Å²) in [5.41, 5.74) is 0. The van der Waals surface area contributed by atoms with Crippen molar-refractivity contribution < 1.29 is 4.39 Å². The van der Waals surface area contributed by atoms with Crippen LogP contribution in [0.25, 0.3) is 0 Å². The van der Waals surface area contributed by atoms with E-state index in [-0.39, 0.29) is 5.82 Å². The van der Waals surface area contributed by atoms with Crippen molar-refractivity contribution in [2.45, 2.75) is 26.8 Å². The number of likely N-dealkylation sites (N-methyl/N-ethyl adjacent to an activating group) is 1. The lowest BCUT2D eigenvalue weighted by Crippen LogP contribution is -2.52. The number of nitrogens with one attached hydrogen (secondary N) is 1. The van der Waals surface area contributed by atoms with Gasteiger partial charge >= 0.3 is 0 Å². The first-order valence-corrected chi connectivity index (χ1v) is 6.91. The molecule has 1 fully saturated rings. The fourth-order valence-corrected chi connectivity index (χ4v) is 2.48. The van der Waals surface area contributed by atoms with Crippen molar-refractivity contribution in [2.24, 2.45) is 0 Å². The van der Waals surface area contributed by atoms with Crippen molar-refractivity contribution in [3.63, 3.8) is 0 Å². The molecule has 0 spiro atoms. The van der Waals surface area contributed by atoms with Crippen LogP contribution in [0.15, 0.2) is 6.20 Å². The summed E-state index contributed by atoms with van der Waals surface area (Å²) in [5, 5.41) is 3.02. The zero-order valence-electron chi connectivity index (χ0n) is 11.9. The third kappa shape index (κ3) is 3.12. The Morgan fingerprint density at radius 1 is 1.42 bits per heavy atom. The Morgan fingerprint density at radius 2 is 2.21 bits per heavy atom. The summed E-state index contributed by atoms with van der Waals surface area (Å²) in [4.78, 5) is 12.6. The van der Waals surface area contributed by atoms with Crippen molar-refractivity contribution in [1.29, 1.82) is 0 Å². The number of hydrogen-bond acceptors (Lipinski definition) is 5. The lowest BCUT2D eigenvalue weighted by molar-refractivity contribution is 0.198. The molecule has 0 bridgehead atoms. The van der Waals surface area contributed by atoms with E-state index < -0.39 is 0 Å². The summed E-state index contributed by atoms with van der Waals surface area (Å²) in [5.74, 6) is 0.553. The molecule has 1 aliphatic rings. The quantitative estimate of drug-likeness (QED) is 0.897. The lowest BCUT2D eigenvalue weighted by Gasteiger charge is -2.39. The van der Waals surface area contributed by atoms with E-state index >= 15 is 0 Å². The molecule has 106 valence electrons. The monoisotopic (exact) mass is 267 g/mol. The summed E-state index contributed by atoms with van der Waals surface area (Å²) in [6, 6.07) is 0.413. The van der Waals surface area contributed by atoms with Gasteiger partial charge in [0.25, 0.3) is 0 Å². The van der Waals surface area contributed by atoms with Crippen LogP contribution in [0.5, 0.6) is 0 Å². The molecule has 0 aromatic carbocycles. The third-order valence-corrected chi connectivity index (χ3v) is 3.53. The van der Waals surface area contributed by atoms with E-state index in [4.69, 9.17) is 0 Å². The second-order valence-electron chi connectivity index (χ2n) is 4.82. The van der Waals surface area contributed by atoms with E-state index in [1.165, 1.54) is 6.20 Å². The number of aromatic nitrogens is 2. The summed E-state index contributed by atoms with van der Waals surface area (Å²) < 4.78 is 13.9. The second kappa shape index (κ2) is 6.14. The van der Waals surface area contributed by atoms with Gasteiger partial charge in [-0.1, -0.05) is 6.92 Å². The van der Waals surface area contributed by atoms with Gasteiger partial charge in [0.1, 0.15) is 0 Å². The van der Waals surface area contributed by atoms with E-state index in [2.05, 4.69) is 34.0 Å². The lowest BCUT2D eigenvalue weighted by atomic mass is 10.2. The number of nitrogens with zero attached hydrogens (tertiary/aromatic N) is 4. The first-order chi connectivity index (χ1) is 9.15. The normalized spacial score (nSPS) is 20.6. The Kier molecular flexibility index (Phi) is 4.52. The van der Waals surface area contributed by atoms with Crippen molar-refractivity contribution >= 4 is 11.8 Å². The highest BCUT2D eigenvalue weighted by molar-refractivity contribution is 5.44. The highest BCUT2D eigenvalue weighted by atomic mass is 19.1. The van der Waals surface area contributed by atoms with Gasteiger partial charge in [0.05, 0.1) is 6.20 Å². The predicted octanol–water partition coefficient (Wildman–Crippen LogP) is 1.58. The molecule has 0 saturated carbocycles. The van der Waals surface area contributed by atoms with E-state index in [0.717, 1.165) is 32.7 Å². The van der Waals surface area contributed by atoms with E-state index in [1.54, 1.807) is 0 Å². The first-order valence-electron chi connectivity index (χ1n) is 6.91. The Bertz CT molecular complexity index is 425. The van der Waals surface area contributed by atoms with Crippen LogP contribution in [0, 0.1) is 5.82 Å². The van der Waals surface area contributed by atoms with Gasteiger partial charge in [-0.25, -0.2) is 9.37 Å². The van der Waals surface area contributed by atoms with Gasteiger partial charge in [0, 0.05) is 32.2 Å². The molecule has 0 amide bonds. The molecule has 1 aromatic rings. The zero-order chi connectivity index (χ0) is 13.8. The average molecular weight is 267 g/mol. The summed E-state index contributed by atoms with van der Waals surface area (Å²) in [6.45, 7) is 10.6. The van der Waals surface area contributed by atoms with Gasteiger partial charge in [0.2, 0.25) is 5.95 Å². The first kappa shape index (κ1) is 14.0. The SMILES string of the molecule is CCNc1ncc(F)c(N2CCN(CC)C(C)C2)n1. The van der Waals surface area contributed by atoms with Crippen molar-refractivity contribution in [3.05, 3.63) is 12.0 Å². The van der Waals surface area contributed by atoms with Gasteiger partial charge < -0.3 is 10.2 Å². The molecular formula is C13H22FN5. The molecule has 1 N–H and O–H groups in total. The highest BCUT2D eigenvalue weighted by Gasteiger charge is 2.25. The molecule has 1 aromatic heterocycles. The standard InChI is InChI=1S/C13H22FN5/c1-4-15-13-16-8-11(14)12(17-13)19-7-6-18(5-2)10(3)9-19/h8,10H,4-7,9H2,1-3H3,(H,15,16,17). The molecule has 5 nitrogen and oxygen atoms in total. The molecule has 0 aliphatic carbocycles. The van der Waals surface area contributed by atoms with Gasteiger partial charge in [-0.3, -0.25) is 4.90 Å². The van der Waals surface area contributed by atoms with Crippen LogP contribution in [0.2, 0.25) is 0 Å². The maximum atomic E-state index is 13.9. The molecular weight excluding hydrogens is 245 g/mol. The Hall–Kier alpha value is -1.43. The molecule has 19 heavy (non-hydrogen) atoms. The van der Waals surface area contributed by atoms with Crippen molar-refractivity contribution in [1.82, 2.24) is 14.9 Å². The minimum Gasteiger partial charge on any atom is -0.354 e. The van der Waals surface area contributed by atoms with E-state index in [9.17, 15) is 4.39 Å². The van der Waals surface area contributed by atoms with Crippen molar-refractivity contribution in [3.8, 4) is 0 Å². The van der Waals surface area contributed by atoms with Crippen LogP contribution in [0.3, 0.4) is 0 Å². The molecule has 1 saturated heterocycles. The molecule has 2 heterocycles. The number of piperazine rings is 1. The van der Waals surface area contributed by atoms with E-state index in [1.807, 2.05) is 11.8 Å². The highest BCUT2D eigenvalue weighted by Crippen LogP contribution is 2.21. The van der Waals surface area contributed by atoms with Gasteiger partial charge in [-0.05, 0) is 20.4 Å². The largest absolute Gasteiger partial charge is 0.354 e. The maximum Gasteiger partial charge on any atom is 0.224 e. The minimum absolute atomic E-state index is 0.348. The molecule has 0 radical (unpaired) electrons. The third-order valence-electron chi connectivity index (χ3n) is 3.53. The average Bonchev–Trinajstić information content (AvgIpc) is 2.41. The Labute approximate surface area is 113 Å². The van der Waals surface area contributed by atoms with Gasteiger partial charge in [-0.2, -0.15) is 4.98 Å². The fourth-order valence-electron chi connectivity index (χ4n) is 2.48. The predicted molar refractivity (Wildman–Crippen MR) is 75.1 cm³/mol. The van der Waals surface area contributed by atoms with Gasteiger partial charge in [-0.15, -0.1) is 0 Å². The van der Waals surface area contributed by atoms with Crippen LogP contribution in [-0.2, 0) is 0 Å². The number of rotatable bonds is 4. The van der Waals surface area contributed by atoms with E-state index in [0.29, 0.717) is 17.8 Å². The Morgan fingerprint density at radius 3 is 2.84 bits per heavy atom. The minimum atomic E-state index is -0.348. The number of halogens is 1. The smallest absolute Gasteiger partial charge is 0.224 e. The summed E-state index contributed by atoms with van der Waals surface area (Å²) in [6.07, 6.45) is 1.25. The van der Waals surface area contributed by atoms with Crippen LogP contribution in [0.1, 0.15) is 20.8 Å².